The van der Waals surface area contributed by atoms with Crippen LogP contribution < -0.4 is 5.32 Å². The predicted octanol–water partition coefficient (Wildman–Crippen LogP) is 2.42. The van der Waals surface area contributed by atoms with Gasteiger partial charge in [-0.3, -0.25) is 9.59 Å². The third kappa shape index (κ3) is 5.33. The molecule has 0 fully saturated rings. The molecule has 1 amide bonds. The minimum Gasteiger partial charge on any atom is -0.481 e. The first-order chi connectivity index (χ1) is 8.88. The van der Waals surface area contributed by atoms with E-state index in [1.807, 2.05) is 0 Å². The molecule has 0 bridgehead atoms. The molecule has 0 aliphatic carbocycles. The molecule has 2 N–H and O–H groups in total. The highest BCUT2D eigenvalue weighted by Gasteiger charge is 2.17. The van der Waals surface area contributed by atoms with Gasteiger partial charge in [-0.25, -0.2) is 4.39 Å². The fourth-order valence-electron chi connectivity index (χ4n) is 1.60. The lowest BCUT2D eigenvalue weighted by Gasteiger charge is -2.16. The van der Waals surface area contributed by atoms with E-state index in [0.29, 0.717) is 5.56 Å². The summed E-state index contributed by atoms with van der Waals surface area (Å²) < 4.78 is 12.8. The van der Waals surface area contributed by atoms with Crippen LogP contribution in [-0.4, -0.2) is 17.0 Å². The van der Waals surface area contributed by atoms with Gasteiger partial charge in [0.15, 0.2) is 0 Å². The molecule has 102 valence electrons. The van der Waals surface area contributed by atoms with Crippen LogP contribution in [0.15, 0.2) is 35.9 Å². The molecule has 19 heavy (non-hydrogen) atoms. The summed E-state index contributed by atoms with van der Waals surface area (Å²) >= 11 is 0. The Labute approximate surface area is 110 Å². The largest absolute Gasteiger partial charge is 0.481 e. The van der Waals surface area contributed by atoms with Crippen LogP contribution in [0.4, 0.5) is 4.39 Å². The molecule has 0 radical (unpaired) electrons. The average molecular weight is 265 g/mol. The first-order valence-electron chi connectivity index (χ1n) is 5.81. The number of rotatable bonds is 5. The maximum absolute atomic E-state index is 12.8. The number of carbonyl (C=O) groups excluding carboxylic acids is 1. The van der Waals surface area contributed by atoms with Crippen molar-refractivity contribution >= 4 is 11.9 Å². The number of amides is 1. The molecular formula is C14H16FNO3. The molecular weight excluding hydrogens is 249 g/mol. The minimum atomic E-state index is -1.04. The van der Waals surface area contributed by atoms with E-state index < -0.39 is 17.8 Å². The van der Waals surface area contributed by atoms with E-state index in [0.717, 1.165) is 5.57 Å². The third-order valence-electron chi connectivity index (χ3n) is 2.39. The van der Waals surface area contributed by atoms with Crippen LogP contribution in [0.3, 0.4) is 0 Å². The molecule has 0 aliphatic heterocycles. The van der Waals surface area contributed by atoms with Gasteiger partial charge in [0.2, 0.25) is 5.91 Å². The molecule has 0 aliphatic rings. The summed E-state index contributed by atoms with van der Waals surface area (Å²) in [6, 6.07) is 4.72. The Morgan fingerprint density at radius 1 is 1.32 bits per heavy atom. The van der Waals surface area contributed by atoms with Crippen molar-refractivity contribution in [1.82, 2.24) is 5.32 Å². The maximum atomic E-state index is 12.8. The van der Waals surface area contributed by atoms with Gasteiger partial charge in [0.05, 0.1) is 12.5 Å². The van der Waals surface area contributed by atoms with Crippen LogP contribution in [0.5, 0.6) is 0 Å². The van der Waals surface area contributed by atoms with Crippen molar-refractivity contribution in [3.8, 4) is 0 Å². The van der Waals surface area contributed by atoms with Crippen molar-refractivity contribution in [2.75, 3.05) is 0 Å². The van der Waals surface area contributed by atoms with E-state index in [1.165, 1.54) is 30.3 Å². The molecule has 1 aromatic carbocycles. The standard InChI is InChI=1S/C14H16FNO3/c1-9(2)7-13(17)16-12(8-14(18)19)10-3-5-11(15)6-4-10/h3-7,12H,8H2,1-2H3,(H,16,17)(H,18,19)/t12-/m0/s1. The fraction of sp³-hybridized carbons (Fsp3) is 0.286. The molecule has 0 aromatic heterocycles. The zero-order chi connectivity index (χ0) is 14.4. The van der Waals surface area contributed by atoms with Crippen LogP contribution in [0, 0.1) is 5.82 Å². The number of benzene rings is 1. The number of carbonyl (C=O) groups is 2. The molecule has 0 spiro atoms. The highest BCUT2D eigenvalue weighted by Crippen LogP contribution is 2.17. The smallest absolute Gasteiger partial charge is 0.305 e. The second kappa shape index (κ2) is 6.68. The van der Waals surface area contributed by atoms with Crippen molar-refractivity contribution in [3.05, 3.63) is 47.3 Å². The first-order valence-corrected chi connectivity index (χ1v) is 5.81. The number of allylic oxidation sites excluding steroid dienone is 1. The van der Waals surface area contributed by atoms with Crippen molar-refractivity contribution in [1.29, 1.82) is 0 Å². The topological polar surface area (TPSA) is 66.4 Å². The van der Waals surface area contributed by atoms with Gasteiger partial charge in [0.25, 0.3) is 0 Å². The maximum Gasteiger partial charge on any atom is 0.305 e. The number of aliphatic carboxylic acids is 1. The Bertz CT molecular complexity index is 490. The lowest BCUT2D eigenvalue weighted by Crippen LogP contribution is -2.28. The van der Waals surface area contributed by atoms with E-state index >= 15 is 0 Å². The average Bonchev–Trinajstić information content (AvgIpc) is 2.27. The lowest BCUT2D eigenvalue weighted by molar-refractivity contribution is -0.137. The Morgan fingerprint density at radius 3 is 2.37 bits per heavy atom. The molecule has 0 saturated heterocycles. The van der Waals surface area contributed by atoms with Crippen molar-refractivity contribution in [3.63, 3.8) is 0 Å². The van der Waals surface area contributed by atoms with Crippen LogP contribution >= 0.6 is 0 Å². The Kier molecular flexibility index (Phi) is 5.23. The van der Waals surface area contributed by atoms with Gasteiger partial charge in [0.1, 0.15) is 5.82 Å². The monoisotopic (exact) mass is 265 g/mol. The molecule has 4 nitrogen and oxygen atoms in total. The summed E-state index contributed by atoms with van der Waals surface area (Å²) in [5.41, 5.74) is 1.37. The van der Waals surface area contributed by atoms with Gasteiger partial charge in [-0.15, -0.1) is 0 Å². The van der Waals surface area contributed by atoms with E-state index in [9.17, 15) is 14.0 Å². The van der Waals surface area contributed by atoms with Crippen molar-refractivity contribution in [2.45, 2.75) is 26.3 Å². The van der Waals surface area contributed by atoms with Gasteiger partial charge in [-0.2, -0.15) is 0 Å². The second-order valence-corrected chi connectivity index (χ2v) is 4.43. The zero-order valence-corrected chi connectivity index (χ0v) is 10.8. The molecule has 0 heterocycles. The van der Waals surface area contributed by atoms with Crippen molar-refractivity contribution < 1.29 is 19.1 Å². The summed E-state index contributed by atoms with van der Waals surface area (Å²) in [7, 11) is 0. The van der Waals surface area contributed by atoms with E-state index in [1.54, 1.807) is 13.8 Å². The van der Waals surface area contributed by atoms with Crippen LogP contribution in [0.2, 0.25) is 0 Å². The van der Waals surface area contributed by atoms with Crippen LogP contribution in [0.25, 0.3) is 0 Å². The number of halogens is 1. The predicted molar refractivity (Wildman–Crippen MR) is 69.0 cm³/mol. The summed E-state index contributed by atoms with van der Waals surface area (Å²) in [6.07, 6.45) is 1.13. The van der Waals surface area contributed by atoms with Gasteiger partial charge in [-0.1, -0.05) is 17.7 Å². The molecule has 0 unspecified atom stereocenters. The number of nitrogens with one attached hydrogen (secondary N) is 1. The SMILES string of the molecule is CC(C)=CC(=O)N[C@@H](CC(=O)O)c1ccc(F)cc1. The number of carboxylic acids is 1. The molecule has 1 rings (SSSR count). The number of hydrogen-bond donors (Lipinski definition) is 2. The minimum absolute atomic E-state index is 0.256. The lowest BCUT2D eigenvalue weighted by atomic mass is 10.0. The summed E-state index contributed by atoms with van der Waals surface area (Å²) in [5, 5.41) is 11.5. The quantitative estimate of drug-likeness (QED) is 0.803. The highest BCUT2D eigenvalue weighted by molar-refractivity contribution is 5.88. The fourth-order valence-corrected chi connectivity index (χ4v) is 1.60. The summed E-state index contributed by atoms with van der Waals surface area (Å²) in [4.78, 5) is 22.4. The second-order valence-electron chi connectivity index (χ2n) is 4.43. The Morgan fingerprint density at radius 2 is 1.89 bits per heavy atom. The zero-order valence-electron chi connectivity index (χ0n) is 10.8. The van der Waals surface area contributed by atoms with Crippen molar-refractivity contribution in [2.24, 2.45) is 0 Å². The van der Waals surface area contributed by atoms with E-state index in [-0.39, 0.29) is 12.3 Å². The van der Waals surface area contributed by atoms with Gasteiger partial charge in [-0.05, 0) is 31.5 Å². The number of carboxylic acid groups (broad SMARTS) is 1. The van der Waals surface area contributed by atoms with E-state index in [2.05, 4.69) is 5.32 Å². The Hall–Kier alpha value is -2.17. The van der Waals surface area contributed by atoms with Gasteiger partial charge in [0, 0.05) is 6.08 Å². The third-order valence-corrected chi connectivity index (χ3v) is 2.39. The van der Waals surface area contributed by atoms with Crippen LogP contribution in [-0.2, 0) is 9.59 Å². The highest BCUT2D eigenvalue weighted by atomic mass is 19.1. The van der Waals surface area contributed by atoms with Gasteiger partial charge < -0.3 is 10.4 Å². The first kappa shape index (κ1) is 14.9. The summed E-state index contributed by atoms with van der Waals surface area (Å²) in [6.45, 7) is 3.54. The van der Waals surface area contributed by atoms with E-state index in [4.69, 9.17) is 5.11 Å². The van der Waals surface area contributed by atoms with Crippen LogP contribution in [0.1, 0.15) is 31.9 Å². The number of hydrogen-bond acceptors (Lipinski definition) is 2. The summed E-state index contributed by atoms with van der Waals surface area (Å²) in [5.74, 6) is -1.81. The molecule has 1 atom stereocenters. The normalized spacial score (nSPS) is 11.5. The molecule has 5 heteroatoms. The molecule has 0 saturated carbocycles. The Balaban J connectivity index is 2.89. The van der Waals surface area contributed by atoms with Gasteiger partial charge >= 0.3 is 5.97 Å². The molecule has 1 aromatic rings.